The Kier molecular flexibility index (Phi) is 4.66. The zero-order valence-corrected chi connectivity index (χ0v) is 14.5. The average Bonchev–Trinajstić information content (AvgIpc) is 3.08. The SMILES string of the molecule is CC(C)(C)C1CCC(N)C(N2CCCC2C2CCCC2)C1. The predicted octanol–water partition coefficient (Wildman–Crippen LogP) is 4.18. The molecule has 1 heterocycles. The van der Waals surface area contributed by atoms with Crippen LogP contribution in [-0.4, -0.2) is 29.6 Å². The Labute approximate surface area is 131 Å². The number of hydrogen-bond donors (Lipinski definition) is 1. The predicted molar refractivity (Wildman–Crippen MR) is 90.2 cm³/mol. The van der Waals surface area contributed by atoms with Crippen molar-refractivity contribution in [2.24, 2.45) is 23.0 Å². The fourth-order valence-electron chi connectivity index (χ4n) is 5.41. The van der Waals surface area contributed by atoms with Gasteiger partial charge in [0.2, 0.25) is 0 Å². The van der Waals surface area contributed by atoms with Gasteiger partial charge in [0.05, 0.1) is 0 Å². The molecule has 2 nitrogen and oxygen atoms in total. The summed E-state index contributed by atoms with van der Waals surface area (Å²) in [5.74, 6) is 1.84. The third kappa shape index (κ3) is 3.32. The molecular weight excluding hydrogens is 256 g/mol. The van der Waals surface area contributed by atoms with E-state index >= 15 is 0 Å². The van der Waals surface area contributed by atoms with Crippen LogP contribution in [0, 0.1) is 17.3 Å². The maximum absolute atomic E-state index is 6.58. The molecule has 2 heteroatoms. The highest BCUT2D eigenvalue weighted by Gasteiger charge is 2.42. The van der Waals surface area contributed by atoms with Gasteiger partial charge in [-0.05, 0) is 68.7 Å². The Bertz CT molecular complexity index is 340. The van der Waals surface area contributed by atoms with Crippen LogP contribution < -0.4 is 5.73 Å². The lowest BCUT2D eigenvalue weighted by molar-refractivity contribution is 0.0465. The van der Waals surface area contributed by atoms with Gasteiger partial charge in [-0.25, -0.2) is 0 Å². The van der Waals surface area contributed by atoms with Crippen molar-refractivity contribution >= 4 is 0 Å². The molecule has 1 aliphatic heterocycles. The molecule has 0 radical (unpaired) electrons. The Balaban J connectivity index is 1.70. The molecule has 0 aromatic carbocycles. The Hall–Kier alpha value is -0.0800. The largest absolute Gasteiger partial charge is 0.326 e. The van der Waals surface area contributed by atoms with E-state index in [9.17, 15) is 0 Å². The molecular formula is C19H36N2. The zero-order chi connectivity index (χ0) is 15.0. The molecule has 0 aromatic heterocycles. The smallest absolute Gasteiger partial charge is 0.0253 e. The maximum Gasteiger partial charge on any atom is 0.0253 e. The van der Waals surface area contributed by atoms with Gasteiger partial charge in [-0.2, -0.15) is 0 Å². The van der Waals surface area contributed by atoms with E-state index in [2.05, 4.69) is 25.7 Å². The standard InChI is InChI=1S/C19H36N2/c1-19(2,3)15-10-11-16(20)18(13-15)21-12-6-9-17(21)14-7-4-5-8-14/h14-18H,4-13,20H2,1-3H3. The Morgan fingerprint density at radius 3 is 2.24 bits per heavy atom. The van der Waals surface area contributed by atoms with Crippen LogP contribution in [-0.2, 0) is 0 Å². The summed E-state index contributed by atoms with van der Waals surface area (Å²) in [5.41, 5.74) is 7.03. The third-order valence-corrected chi connectivity index (χ3v) is 6.81. The van der Waals surface area contributed by atoms with E-state index in [1.54, 1.807) is 0 Å². The molecule has 2 saturated carbocycles. The number of hydrogen-bond acceptors (Lipinski definition) is 2. The highest BCUT2D eigenvalue weighted by molar-refractivity contribution is 4.98. The summed E-state index contributed by atoms with van der Waals surface area (Å²) in [4.78, 5) is 2.87. The first-order valence-corrected chi connectivity index (χ1v) is 9.48. The summed E-state index contributed by atoms with van der Waals surface area (Å²) in [6.07, 6.45) is 12.7. The molecule has 2 aliphatic carbocycles. The van der Waals surface area contributed by atoms with Gasteiger partial charge < -0.3 is 5.73 Å². The zero-order valence-electron chi connectivity index (χ0n) is 14.5. The van der Waals surface area contributed by atoms with Crippen LogP contribution in [0.3, 0.4) is 0 Å². The monoisotopic (exact) mass is 292 g/mol. The van der Waals surface area contributed by atoms with Gasteiger partial charge in [-0.3, -0.25) is 4.90 Å². The van der Waals surface area contributed by atoms with Crippen LogP contribution in [0.15, 0.2) is 0 Å². The molecule has 2 N–H and O–H groups in total. The van der Waals surface area contributed by atoms with E-state index in [0.29, 0.717) is 17.5 Å². The summed E-state index contributed by atoms with van der Waals surface area (Å²) >= 11 is 0. The highest BCUT2D eigenvalue weighted by atomic mass is 15.2. The van der Waals surface area contributed by atoms with Crippen LogP contribution in [0.5, 0.6) is 0 Å². The molecule has 4 unspecified atom stereocenters. The molecule has 1 saturated heterocycles. The first-order valence-electron chi connectivity index (χ1n) is 9.48. The lowest BCUT2D eigenvalue weighted by Gasteiger charge is -2.46. The van der Waals surface area contributed by atoms with E-state index in [1.165, 1.54) is 64.3 Å². The molecule has 3 rings (SSSR count). The summed E-state index contributed by atoms with van der Waals surface area (Å²) in [7, 11) is 0. The molecule has 21 heavy (non-hydrogen) atoms. The van der Waals surface area contributed by atoms with E-state index in [1.807, 2.05) is 0 Å². The van der Waals surface area contributed by atoms with Crippen molar-refractivity contribution in [3.63, 3.8) is 0 Å². The van der Waals surface area contributed by atoms with Gasteiger partial charge in [0.15, 0.2) is 0 Å². The molecule has 3 aliphatic rings. The van der Waals surface area contributed by atoms with Crippen molar-refractivity contribution < 1.29 is 0 Å². The minimum absolute atomic E-state index is 0.422. The van der Waals surface area contributed by atoms with Crippen LogP contribution in [0.4, 0.5) is 0 Å². The third-order valence-electron chi connectivity index (χ3n) is 6.81. The van der Waals surface area contributed by atoms with E-state index in [-0.39, 0.29) is 0 Å². The van der Waals surface area contributed by atoms with Crippen molar-refractivity contribution in [2.45, 2.75) is 96.7 Å². The Morgan fingerprint density at radius 1 is 0.857 bits per heavy atom. The molecule has 0 amide bonds. The summed E-state index contributed by atoms with van der Waals surface area (Å²) < 4.78 is 0. The summed E-state index contributed by atoms with van der Waals surface area (Å²) in [6.45, 7) is 8.58. The van der Waals surface area contributed by atoms with E-state index < -0.39 is 0 Å². The van der Waals surface area contributed by atoms with E-state index in [4.69, 9.17) is 5.73 Å². The molecule has 4 atom stereocenters. The van der Waals surface area contributed by atoms with Crippen LogP contribution in [0.25, 0.3) is 0 Å². The van der Waals surface area contributed by atoms with Crippen molar-refractivity contribution in [3.8, 4) is 0 Å². The van der Waals surface area contributed by atoms with Crippen LogP contribution in [0.2, 0.25) is 0 Å². The highest BCUT2D eigenvalue weighted by Crippen LogP contribution is 2.43. The fraction of sp³-hybridized carbons (Fsp3) is 1.00. The van der Waals surface area contributed by atoms with Crippen molar-refractivity contribution in [1.29, 1.82) is 0 Å². The van der Waals surface area contributed by atoms with Gasteiger partial charge in [0.25, 0.3) is 0 Å². The van der Waals surface area contributed by atoms with Gasteiger partial charge in [-0.15, -0.1) is 0 Å². The molecule has 0 spiro atoms. The second-order valence-corrected chi connectivity index (χ2v) is 9.10. The minimum atomic E-state index is 0.422. The maximum atomic E-state index is 6.58. The first kappa shape index (κ1) is 15.8. The normalized spacial score (nSPS) is 40.0. The first-order chi connectivity index (χ1) is 9.97. The molecule has 3 fully saturated rings. The average molecular weight is 293 g/mol. The second-order valence-electron chi connectivity index (χ2n) is 9.10. The minimum Gasteiger partial charge on any atom is -0.326 e. The second kappa shape index (κ2) is 6.20. The topological polar surface area (TPSA) is 29.3 Å². The molecule has 0 aromatic rings. The van der Waals surface area contributed by atoms with Gasteiger partial charge in [0.1, 0.15) is 0 Å². The summed E-state index contributed by atoms with van der Waals surface area (Å²) in [5, 5.41) is 0. The number of nitrogens with zero attached hydrogens (tertiary/aromatic N) is 1. The number of rotatable bonds is 2. The van der Waals surface area contributed by atoms with Gasteiger partial charge in [-0.1, -0.05) is 33.6 Å². The fourth-order valence-corrected chi connectivity index (χ4v) is 5.41. The lowest BCUT2D eigenvalue weighted by Crippen LogP contribution is -2.55. The van der Waals surface area contributed by atoms with Gasteiger partial charge >= 0.3 is 0 Å². The summed E-state index contributed by atoms with van der Waals surface area (Å²) in [6, 6.07) is 1.95. The van der Waals surface area contributed by atoms with E-state index in [0.717, 1.165) is 17.9 Å². The van der Waals surface area contributed by atoms with Crippen LogP contribution in [0.1, 0.15) is 78.6 Å². The quantitative estimate of drug-likeness (QED) is 0.827. The van der Waals surface area contributed by atoms with Crippen molar-refractivity contribution in [1.82, 2.24) is 4.90 Å². The van der Waals surface area contributed by atoms with Gasteiger partial charge in [0, 0.05) is 18.1 Å². The van der Waals surface area contributed by atoms with Crippen molar-refractivity contribution in [2.75, 3.05) is 6.54 Å². The molecule has 0 bridgehead atoms. The Morgan fingerprint density at radius 2 is 1.57 bits per heavy atom. The number of nitrogens with two attached hydrogens (primary N) is 1. The molecule has 122 valence electrons. The van der Waals surface area contributed by atoms with Crippen LogP contribution >= 0.6 is 0 Å². The van der Waals surface area contributed by atoms with Crippen molar-refractivity contribution in [3.05, 3.63) is 0 Å². The number of likely N-dealkylation sites (tertiary alicyclic amines) is 1. The lowest BCUT2D eigenvalue weighted by atomic mass is 9.69.